The second kappa shape index (κ2) is 9.35. The van der Waals surface area contributed by atoms with Crippen LogP contribution in [-0.2, 0) is 11.5 Å². The molecule has 2 rings (SSSR count). The molecule has 0 aromatic heterocycles. The normalized spacial score (nSPS) is 9.70. The molecule has 0 bridgehead atoms. The summed E-state index contributed by atoms with van der Waals surface area (Å²) >= 11 is 1.90. The summed E-state index contributed by atoms with van der Waals surface area (Å²) in [5.41, 5.74) is 2.64. The van der Waals surface area contributed by atoms with Crippen molar-refractivity contribution in [3.8, 4) is 11.5 Å². The van der Waals surface area contributed by atoms with E-state index in [1.807, 2.05) is 36.0 Å². The van der Waals surface area contributed by atoms with Gasteiger partial charge in [0.15, 0.2) is 0 Å². The van der Waals surface area contributed by atoms with Gasteiger partial charge in [0.2, 0.25) is 0 Å². The minimum Gasteiger partial charge on any atom is -0.497 e. The Morgan fingerprint density at radius 1 is 0.700 bits per heavy atom. The van der Waals surface area contributed by atoms with Crippen LogP contribution in [0.15, 0.2) is 48.5 Å². The zero-order chi connectivity index (χ0) is 13.5. The van der Waals surface area contributed by atoms with Crippen LogP contribution >= 0.6 is 11.8 Å². The molecule has 0 atom stereocenters. The molecule has 0 N–H and O–H groups in total. The van der Waals surface area contributed by atoms with Crippen molar-refractivity contribution in [2.75, 3.05) is 14.2 Å². The number of methoxy groups -OCH3 is 2. The van der Waals surface area contributed by atoms with Crippen molar-refractivity contribution in [2.24, 2.45) is 0 Å². The van der Waals surface area contributed by atoms with Crippen LogP contribution in [-0.4, -0.2) is 43.8 Å². The summed E-state index contributed by atoms with van der Waals surface area (Å²) in [7, 11) is 3.38. The van der Waals surface area contributed by atoms with Crippen LogP contribution in [0.1, 0.15) is 11.1 Å². The SMILES string of the molecule is COc1ccc(CSCc2ccc(OC)cc2)cc1.[Na]. The number of ether oxygens (including phenoxy) is 2. The smallest absolute Gasteiger partial charge is 0.118 e. The largest absolute Gasteiger partial charge is 0.497 e. The van der Waals surface area contributed by atoms with Crippen LogP contribution in [0.3, 0.4) is 0 Å². The Balaban J connectivity index is 0.00000200. The fraction of sp³-hybridized carbons (Fsp3) is 0.250. The Bertz CT molecular complexity index is 449. The molecule has 0 saturated heterocycles. The van der Waals surface area contributed by atoms with Gasteiger partial charge in [-0.2, -0.15) is 11.8 Å². The third kappa shape index (κ3) is 5.41. The first kappa shape index (κ1) is 17.4. The molecule has 0 fully saturated rings. The van der Waals surface area contributed by atoms with Gasteiger partial charge < -0.3 is 9.47 Å². The summed E-state index contributed by atoms with van der Waals surface area (Å²) in [6, 6.07) is 16.5. The van der Waals surface area contributed by atoms with E-state index in [4.69, 9.17) is 9.47 Å². The van der Waals surface area contributed by atoms with Gasteiger partial charge in [0.1, 0.15) is 11.5 Å². The average Bonchev–Trinajstić information content (AvgIpc) is 2.49. The fourth-order valence-corrected chi connectivity index (χ4v) is 2.69. The first-order valence-electron chi connectivity index (χ1n) is 6.15. The number of hydrogen-bond acceptors (Lipinski definition) is 3. The topological polar surface area (TPSA) is 18.5 Å². The minimum absolute atomic E-state index is 0. The van der Waals surface area contributed by atoms with Gasteiger partial charge in [0.25, 0.3) is 0 Å². The van der Waals surface area contributed by atoms with Gasteiger partial charge >= 0.3 is 0 Å². The second-order valence-electron chi connectivity index (χ2n) is 4.19. The maximum Gasteiger partial charge on any atom is 0.118 e. The summed E-state index contributed by atoms with van der Waals surface area (Å²) in [4.78, 5) is 0. The number of benzene rings is 2. The molecule has 2 nitrogen and oxygen atoms in total. The molecule has 101 valence electrons. The van der Waals surface area contributed by atoms with E-state index in [2.05, 4.69) is 24.3 Å². The zero-order valence-corrected chi connectivity index (χ0v) is 15.1. The molecule has 0 aliphatic rings. The van der Waals surface area contributed by atoms with Crippen LogP contribution in [0.25, 0.3) is 0 Å². The summed E-state index contributed by atoms with van der Waals surface area (Å²) in [5, 5.41) is 0. The molecule has 0 saturated carbocycles. The summed E-state index contributed by atoms with van der Waals surface area (Å²) in [6.07, 6.45) is 0. The van der Waals surface area contributed by atoms with Gasteiger partial charge in [-0.05, 0) is 35.4 Å². The Labute approximate surface area is 147 Å². The van der Waals surface area contributed by atoms with Crippen LogP contribution in [0.5, 0.6) is 11.5 Å². The molecule has 0 aliphatic heterocycles. The number of thioether (sulfide) groups is 1. The zero-order valence-electron chi connectivity index (χ0n) is 12.3. The van der Waals surface area contributed by atoms with Gasteiger partial charge in [0.05, 0.1) is 14.2 Å². The van der Waals surface area contributed by atoms with Gasteiger partial charge in [-0.15, -0.1) is 0 Å². The van der Waals surface area contributed by atoms with Crippen molar-refractivity contribution < 1.29 is 9.47 Å². The van der Waals surface area contributed by atoms with E-state index in [0.717, 1.165) is 23.0 Å². The monoisotopic (exact) mass is 297 g/mol. The van der Waals surface area contributed by atoms with Gasteiger partial charge in [-0.25, -0.2) is 0 Å². The molecule has 0 heterocycles. The molecule has 2 aromatic rings. The van der Waals surface area contributed by atoms with Crippen molar-refractivity contribution in [2.45, 2.75) is 11.5 Å². The quantitative estimate of drug-likeness (QED) is 0.756. The van der Waals surface area contributed by atoms with Crippen molar-refractivity contribution in [1.29, 1.82) is 0 Å². The molecule has 0 unspecified atom stereocenters. The number of rotatable bonds is 6. The molecule has 0 amide bonds. The third-order valence-electron chi connectivity index (χ3n) is 2.86. The van der Waals surface area contributed by atoms with Crippen molar-refractivity contribution >= 4 is 41.3 Å². The van der Waals surface area contributed by atoms with E-state index in [1.54, 1.807) is 14.2 Å². The minimum atomic E-state index is 0. The van der Waals surface area contributed by atoms with Gasteiger partial charge in [-0.3, -0.25) is 0 Å². The Morgan fingerprint density at radius 3 is 1.35 bits per heavy atom. The van der Waals surface area contributed by atoms with Crippen LogP contribution in [0, 0.1) is 0 Å². The number of hydrogen-bond donors (Lipinski definition) is 0. The van der Waals surface area contributed by atoms with Crippen molar-refractivity contribution in [3.63, 3.8) is 0 Å². The molecule has 2 aromatic carbocycles. The van der Waals surface area contributed by atoms with Crippen LogP contribution < -0.4 is 9.47 Å². The van der Waals surface area contributed by atoms with E-state index in [0.29, 0.717) is 0 Å². The summed E-state index contributed by atoms with van der Waals surface area (Å²) in [6.45, 7) is 0. The standard InChI is InChI=1S/C16H18O2S.Na/c1-17-15-7-3-13(4-8-15)11-19-12-14-5-9-16(18-2)10-6-14;/h3-10H,11-12H2,1-2H3;. The van der Waals surface area contributed by atoms with Crippen LogP contribution in [0.2, 0.25) is 0 Å². The first-order valence-corrected chi connectivity index (χ1v) is 7.31. The molecule has 4 heteroatoms. The Kier molecular flexibility index (Phi) is 8.15. The maximum absolute atomic E-state index is 5.15. The van der Waals surface area contributed by atoms with E-state index < -0.39 is 0 Å². The van der Waals surface area contributed by atoms with E-state index in [1.165, 1.54) is 11.1 Å². The molecule has 20 heavy (non-hydrogen) atoms. The van der Waals surface area contributed by atoms with E-state index >= 15 is 0 Å². The second-order valence-corrected chi connectivity index (χ2v) is 5.17. The molecular weight excluding hydrogens is 279 g/mol. The van der Waals surface area contributed by atoms with Gasteiger partial charge in [-0.1, -0.05) is 24.3 Å². The molecule has 0 aliphatic carbocycles. The fourth-order valence-electron chi connectivity index (χ4n) is 1.73. The molecule has 1 radical (unpaired) electrons. The van der Waals surface area contributed by atoms with Gasteiger partial charge in [0, 0.05) is 41.1 Å². The summed E-state index contributed by atoms with van der Waals surface area (Å²) in [5.74, 6) is 3.83. The molecular formula is C16H18NaO2S. The maximum atomic E-state index is 5.15. The predicted molar refractivity (Wildman–Crippen MR) is 86.7 cm³/mol. The van der Waals surface area contributed by atoms with Crippen molar-refractivity contribution in [1.82, 2.24) is 0 Å². The molecule has 0 spiro atoms. The Hall–Kier alpha value is -0.610. The van der Waals surface area contributed by atoms with E-state index in [9.17, 15) is 0 Å². The third-order valence-corrected chi connectivity index (χ3v) is 3.93. The van der Waals surface area contributed by atoms with E-state index in [-0.39, 0.29) is 29.6 Å². The first-order chi connectivity index (χ1) is 9.31. The summed E-state index contributed by atoms with van der Waals surface area (Å²) < 4.78 is 10.3. The average molecular weight is 297 g/mol. The Morgan fingerprint density at radius 2 is 1.05 bits per heavy atom. The predicted octanol–water partition coefficient (Wildman–Crippen LogP) is 3.76. The van der Waals surface area contributed by atoms with Crippen LogP contribution in [0.4, 0.5) is 0 Å². The van der Waals surface area contributed by atoms with Crippen molar-refractivity contribution in [3.05, 3.63) is 59.7 Å².